The maximum atomic E-state index is 11.7. The van der Waals surface area contributed by atoms with E-state index < -0.39 is 36.7 Å². The highest BCUT2D eigenvalue weighted by molar-refractivity contribution is 5.94. The predicted molar refractivity (Wildman–Crippen MR) is 58.5 cm³/mol. The lowest BCUT2D eigenvalue weighted by Crippen LogP contribution is -2.57. The topological polar surface area (TPSA) is 123 Å². The van der Waals surface area contributed by atoms with Crippen LogP contribution in [-0.4, -0.2) is 51.6 Å². The quantitative estimate of drug-likeness (QED) is 0.402. The summed E-state index contributed by atoms with van der Waals surface area (Å²) in [5, 5.41) is 29.3. The Morgan fingerprint density at radius 3 is 2.35 bits per heavy atom. The van der Waals surface area contributed by atoms with Gasteiger partial charge in [-0.25, -0.2) is 0 Å². The second-order valence-corrected chi connectivity index (χ2v) is 3.63. The lowest BCUT2D eigenvalue weighted by atomic mass is 10.0. The fourth-order valence-corrected chi connectivity index (χ4v) is 1.17. The van der Waals surface area contributed by atoms with Crippen molar-refractivity contribution in [3.05, 3.63) is 34.2 Å². The molecular formula is C10H14N2O5. The van der Waals surface area contributed by atoms with Crippen LogP contribution in [0, 0.1) is 0 Å². The molecule has 0 bridgehead atoms. The summed E-state index contributed by atoms with van der Waals surface area (Å²) in [6.45, 7) is -1.93. The van der Waals surface area contributed by atoms with Crippen LogP contribution in [0.5, 0.6) is 0 Å². The number of H-pyrrole nitrogens is 1. The highest BCUT2D eigenvalue weighted by Crippen LogP contribution is 2.03. The molecule has 0 aliphatic heterocycles. The molecule has 0 aliphatic rings. The van der Waals surface area contributed by atoms with Crippen LogP contribution in [0.3, 0.4) is 0 Å². The van der Waals surface area contributed by atoms with Crippen molar-refractivity contribution in [2.45, 2.75) is 5.54 Å². The molecular weight excluding hydrogens is 228 g/mol. The van der Waals surface area contributed by atoms with E-state index in [2.05, 4.69) is 10.3 Å². The molecule has 7 nitrogen and oxygen atoms in total. The van der Waals surface area contributed by atoms with Crippen molar-refractivity contribution in [3.63, 3.8) is 0 Å². The highest BCUT2D eigenvalue weighted by atomic mass is 16.3. The number of carbonyl (C=O) groups is 1. The van der Waals surface area contributed by atoms with Gasteiger partial charge in [-0.15, -0.1) is 0 Å². The van der Waals surface area contributed by atoms with Gasteiger partial charge in [0.05, 0.1) is 19.8 Å². The minimum Gasteiger partial charge on any atom is -0.394 e. The molecule has 1 heterocycles. The zero-order valence-electron chi connectivity index (χ0n) is 9.01. The summed E-state index contributed by atoms with van der Waals surface area (Å²) >= 11 is 0. The van der Waals surface area contributed by atoms with Gasteiger partial charge in [-0.2, -0.15) is 0 Å². The molecule has 1 aromatic heterocycles. The first-order valence-corrected chi connectivity index (χ1v) is 4.91. The first-order valence-electron chi connectivity index (χ1n) is 4.91. The third-order valence-corrected chi connectivity index (χ3v) is 2.36. The van der Waals surface area contributed by atoms with Crippen molar-refractivity contribution < 1.29 is 20.1 Å². The Labute approximate surface area is 96.7 Å². The molecule has 5 N–H and O–H groups in total. The van der Waals surface area contributed by atoms with Crippen LogP contribution in [0.2, 0.25) is 0 Å². The third-order valence-electron chi connectivity index (χ3n) is 2.36. The number of aromatic amines is 1. The number of nitrogens with one attached hydrogen (secondary N) is 2. The van der Waals surface area contributed by atoms with E-state index in [-0.39, 0.29) is 5.56 Å². The van der Waals surface area contributed by atoms with Gasteiger partial charge >= 0.3 is 0 Å². The van der Waals surface area contributed by atoms with E-state index in [0.717, 1.165) is 0 Å². The Hall–Kier alpha value is -1.70. The van der Waals surface area contributed by atoms with Gasteiger partial charge in [0, 0.05) is 18.5 Å². The van der Waals surface area contributed by atoms with Gasteiger partial charge in [-0.1, -0.05) is 0 Å². The van der Waals surface area contributed by atoms with E-state index in [1.54, 1.807) is 0 Å². The maximum absolute atomic E-state index is 11.7. The lowest BCUT2D eigenvalue weighted by molar-refractivity contribution is 0.0374. The fourth-order valence-electron chi connectivity index (χ4n) is 1.17. The van der Waals surface area contributed by atoms with Gasteiger partial charge < -0.3 is 25.6 Å². The van der Waals surface area contributed by atoms with E-state index in [0.29, 0.717) is 0 Å². The first kappa shape index (κ1) is 13.4. The van der Waals surface area contributed by atoms with E-state index >= 15 is 0 Å². The number of hydrogen-bond acceptors (Lipinski definition) is 5. The Kier molecular flexibility index (Phi) is 4.38. The van der Waals surface area contributed by atoms with Crippen LogP contribution in [0.4, 0.5) is 0 Å². The van der Waals surface area contributed by atoms with Crippen LogP contribution in [-0.2, 0) is 0 Å². The van der Waals surface area contributed by atoms with Crippen LogP contribution in [0.25, 0.3) is 0 Å². The van der Waals surface area contributed by atoms with Crippen molar-refractivity contribution in [3.8, 4) is 0 Å². The molecule has 0 unspecified atom stereocenters. The molecule has 0 spiro atoms. The monoisotopic (exact) mass is 242 g/mol. The summed E-state index contributed by atoms with van der Waals surface area (Å²) in [7, 11) is 0. The molecule has 7 heteroatoms. The highest BCUT2D eigenvalue weighted by Gasteiger charge is 2.30. The molecule has 94 valence electrons. The fraction of sp³-hybridized carbons (Fsp3) is 0.400. The second-order valence-electron chi connectivity index (χ2n) is 3.63. The summed E-state index contributed by atoms with van der Waals surface area (Å²) in [5.74, 6) is -0.774. The number of aromatic nitrogens is 1. The molecule has 0 aromatic carbocycles. The number of rotatable bonds is 5. The molecule has 0 saturated carbocycles. The van der Waals surface area contributed by atoms with Crippen molar-refractivity contribution in [2.75, 3.05) is 19.8 Å². The molecule has 17 heavy (non-hydrogen) atoms. The average Bonchev–Trinajstić information content (AvgIpc) is 2.36. The van der Waals surface area contributed by atoms with E-state index in [9.17, 15) is 9.59 Å². The van der Waals surface area contributed by atoms with Crippen LogP contribution in [0.15, 0.2) is 23.3 Å². The number of aliphatic hydroxyl groups excluding tert-OH is 3. The Bertz CT molecular complexity index is 430. The van der Waals surface area contributed by atoms with Gasteiger partial charge in [0.1, 0.15) is 11.1 Å². The Balaban J connectivity index is 2.93. The van der Waals surface area contributed by atoms with E-state index in [4.69, 9.17) is 15.3 Å². The van der Waals surface area contributed by atoms with Crippen LogP contribution >= 0.6 is 0 Å². The number of carbonyl (C=O) groups excluding carboxylic acids is 1. The zero-order valence-corrected chi connectivity index (χ0v) is 9.01. The largest absolute Gasteiger partial charge is 0.394 e. The van der Waals surface area contributed by atoms with Gasteiger partial charge in [0.25, 0.3) is 5.91 Å². The summed E-state index contributed by atoms with van der Waals surface area (Å²) in [5.41, 5.74) is -2.20. The first-order chi connectivity index (χ1) is 8.08. The minimum absolute atomic E-state index is 0.160. The molecule has 1 rings (SSSR count). The SMILES string of the molecule is O=C(NC(CO)(CO)CO)c1c[nH]ccc1=O. The van der Waals surface area contributed by atoms with Crippen LogP contribution < -0.4 is 10.7 Å². The minimum atomic E-state index is -1.54. The number of pyridine rings is 1. The molecule has 0 fully saturated rings. The normalized spacial score (nSPS) is 11.2. The molecule has 1 amide bonds. The summed E-state index contributed by atoms with van der Waals surface area (Å²) in [4.78, 5) is 25.6. The molecule has 0 atom stereocenters. The summed E-state index contributed by atoms with van der Waals surface area (Å²) < 4.78 is 0. The summed E-state index contributed by atoms with van der Waals surface area (Å²) in [6, 6.07) is 1.17. The Morgan fingerprint density at radius 2 is 1.88 bits per heavy atom. The van der Waals surface area contributed by atoms with Gasteiger partial charge in [0.15, 0.2) is 5.43 Å². The molecule has 0 radical (unpaired) electrons. The average molecular weight is 242 g/mol. The van der Waals surface area contributed by atoms with Crippen molar-refractivity contribution in [1.29, 1.82) is 0 Å². The lowest BCUT2D eigenvalue weighted by Gasteiger charge is -2.28. The number of amides is 1. The number of hydrogen-bond donors (Lipinski definition) is 5. The number of aliphatic hydroxyl groups is 3. The standard InChI is InChI=1S/C10H14N2O5/c13-4-10(5-14,6-15)12-9(17)7-3-11-2-1-8(7)16/h1-3,13-15H,4-6H2,(H,11,16)(H,12,17). The molecule has 0 aliphatic carbocycles. The van der Waals surface area contributed by atoms with E-state index in [1.165, 1.54) is 18.5 Å². The third kappa shape index (κ3) is 2.90. The van der Waals surface area contributed by atoms with Gasteiger partial charge in [0.2, 0.25) is 0 Å². The Morgan fingerprint density at radius 1 is 1.29 bits per heavy atom. The van der Waals surface area contributed by atoms with E-state index in [1.807, 2.05) is 0 Å². The molecule has 0 saturated heterocycles. The predicted octanol–water partition coefficient (Wildman–Crippen LogP) is -2.18. The van der Waals surface area contributed by atoms with Gasteiger partial charge in [-0.3, -0.25) is 9.59 Å². The van der Waals surface area contributed by atoms with Crippen molar-refractivity contribution >= 4 is 5.91 Å². The van der Waals surface area contributed by atoms with Crippen LogP contribution in [0.1, 0.15) is 10.4 Å². The smallest absolute Gasteiger partial charge is 0.257 e. The zero-order chi connectivity index (χ0) is 12.9. The summed E-state index contributed by atoms with van der Waals surface area (Å²) in [6.07, 6.45) is 2.57. The second kappa shape index (κ2) is 5.58. The van der Waals surface area contributed by atoms with Crippen molar-refractivity contribution in [2.24, 2.45) is 0 Å². The van der Waals surface area contributed by atoms with Gasteiger partial charge in [-0.05, 0) is 0 Å². The van der Waals surface area contributed by atoms with Crippen molar-refractivity contribution in [1.82, 2.24) is 10.3 Å². The molecule has 1 aromatic rings. The maximum Gasteiger partial charge on any atom is 0.257 e.